The zero-order chi connectivity index (χ0) is 15.8. The molecule has 122 valence electrons. The summed E-state index contributed by atoms with van der Waals surface area (Å²) in [6.07, 6.45) is 4.71. The van der Waals surface area contributed by atoms with Gasteiger partial charge in [-0.3, -0.25) is 14.5 Å². The first-order chi connectivity index (χ1) is 11.2. The Morgan fingerprint density at radius 3 is 3.09 bits per heavy atom. The minimum Gasteiger partial charge on any atom is -0.482 e. The smallest absolute Gasteiger partial charge is 0.262 e. The number of nitrogens with zero attached hydrogens (tertiary/aromatic N) is 1. The van der Waals surface area contributed by atoms with Gasteiger partial charge in [0.05, 0.1) is 5.69 Å². The number of carbonyl (C=O) groups is 2. The zero-order valence-electron chi connectivity index (χ0n) is 13.0. The highest BCUT2D eigenvalue weighted by Crippen LogP contribution is 2.30. The summed E-state index contributed by atoms with van der Waals surface area (Å²) in [5.74, 6) is 0.326. The van der Waals surface area contributed by atoms with E-state index in [4.69, 9.17) is 4.74 Å². The molecule has 0 bridgehead atoms. The van der Waals surface area contributed by atoms with E-state index in [1.54, 1.807) is 18.2 Å². The van der Waals surface area contributed by atoms with Gasteiger partial charge in [-0.25, -0.2) is 0 Å². The van der Waals surface area contributed by atoms with E-state index >= 15 is 0 Å². The second kappa shape index (κ2) is 5.85. The number of anilines is 1. The Bertz CT molecular complexity index is 646. The van der Waals surface area contributed by atoms with Gasteiger partial charge in [0.15, 0.2) is 6.61 Å². The van der Waals surface area contributed by atoms with Crippen LogP contribution in [0.5, 0.6) is 5.75 Å². The van der Waals surface area contributed by atoms with Gasteiger partial charge >= 0.3 is 0 Å². The van der Waals surface area contributed by atoms with Gasteiger partial charge in [0.2, 0.25) is 0 Å². The lowest BCUT2D eigenvalue weighted by Gasteiger charge is -2.32. The summed E-state index contributed by atoms with van der Waals surface area (Å²) >= 11 is 0. The third kappa shape index (κ3) is 2.79. The Kier molecular flexibility index (Phi) is 3.69. The average Bonchev–Trinajstić information content (AvgIpc) is 2.97. The van der Waals surface area contributed by atoms with Crippen molar-refractivity contribution in [1.82, 2.24) is 10.2 Å². The fraction of sp³-hybridized carbons (Fsp3) is 0.529. The van der Waals surface area contributed by atoms with Crippen molar-refractivity contribution in [3.8, 4) is 5.75 Å². The first-order valence-corrected chi connectivity index (χ1v) is 8.32. The van der Waals surface area contributed by atoms with Crippen LogP contribution in [0.4, 0.5) is 5.69 Å². The molecule has 3 aliphatic rings. The molecule has 0 saturated carbocycles. The molecule has 4 rings (SSSR count). The molecule has 6 nitrogen and oxygen atoms in total. The molecule has 3 aliphatic heterocycles. The molecule has 0 spiro atoms. The van der Waals surface area contributed by atoms with Crippen LogP contribution in [0.3, 0.4) is 0 Å². The highest BCUT2D eigenvalue weighted by atomic mass is 16.5. The number of nitrogens with one attached hydrogen (secondary N) is 2. The number of hydrogen-bond acceptors (Lipinski definition) is 4. The van der Waals surface area contributed by atoms with Gasteiger partial charge in [-0.15, -0.1) is 0 Å². The first-order valence-electron chi connectivity index (χ1n) is 8.32. The van der Waals surface area contributed by atoms with E-state index in [1.807, 2.05) is 0 Å². The minimum atomic E-state index is -0.168. The van der Waals surface area contributed by atoms with Crippen LogP contribution in [0.2, 0.25) is 0 Å². The maximum atomic E-state index is 12.6. The van der Waals surface area contributed by atoms with Crippen molar-refractivity contribution in [3.63, 3.8) is 0 Å². The lowest BCUT2D eigenvalue weighted by molar-refractivity contribution is -0.118. The van der Waals surface area contributed by atoms with Crippen LogP contribution in [0.25, 0.3) is 0 Å². The van der Waals surface area contributed by atoms with Gasteiger partial charge in [-0.2, -0.15) is 0 Å². The van der Waals surface area contributed by atoms with Crippen molar-refractivity contribution in [2.45, 2.75) is 37.8 Å². The topological polar surface area (TPSA) is 70.7 Å². The Morgan fingerprint density at radius 1 is 1.26 bits per heavy atom. The Hall–Kier alpha value is -2.08. The standard InChI is InChI=1S/C17H21N3O3/c21-16-10-23-15-9-11(4-5-13(15)18-16)17(22)19-12-6-8-20-7-2-1-3-14(12)20/h4-5,9,12,14H,1-3,6-8,10H2,(H,18,21)(H,19,22)/t12-,14+/m0/s1. The predicted octanol–water partition coefficient (Wildman–Crippen LogP) is 1.37. The average molecular weight is 315 g/mol. The molecule has 2 atom stereocenters. The predicted molar refractivity (Wildman–Crippen MR) is 85.6 cm³/mol. The van der Waals surface area contributed by atoms with E-state index in [1.165, 1.54) is 19.3 Å². The molecule has 2 fully saturated rings. The van der Waals surface area contributed by atoms with Gasteiger partial charge in [0, 0.05) is 24.2 Å². The largest absolute Gasteiger partial charge is 0.482 e. The number of ether oxygens (including phenoxy) is 1. The molecule has 0 aliphatic carbocycles. The summed E-state index contributed by atoms with van der Waals surface area (Å²) in [4.78, 5) is 26.3. The van der Waals surface area contributed by atoms with Crippen molar-refractivity contribution in [3.05, 3.63) is 23.8 Å². The van der Waals surface area contributed by atoms with E-state index in [2.05, 4.69) is 15.5 Å². The van der Waals surface area contributed by atoms with Crippen molar-refractivity contribution in [2.75, 3.05) is 25.0 Å². The molecule has 3 heterocycles. The van der Waals surface area contributed by atoms with Gasteiger partial charge in [-0.1, -0.05) is 6.42 Å². The highest BCUT2D eigenvalue weighted by molar-refractivity contribution is 5.99. The first kappa shape index (κ1) is 14.5. The number of rotatable bonds is 2. The maximum absolute atomic E-state index is 12.6. The SMILES string of the molecule is O=C1COc2cc(C(=O)N[C@H]3CCN4CCCC[C@H]34)ccc2N1. The van der Waals surface area contributed by atoms with E-state index in [0.717, 1.165) is 19.5 Å². The second-order valence-electron chi connectivity index (χ2n) is 6.52. The molecule has 6 heteroatoms. The zero-order valence-corrected chi connectivity index (χ0v) is 13.0. The van der Waals surface area contributed by atoms with E-state index in [9.17, 15) is 9.59 Å². The summed E-state index contributed by atoms with van der Waals surface area (Å²) in [7, 11) is 0. The molecular weight excluding hydrogens is 294 g/mol. The van der Waals surface area contributed by atoms with Crippen molar-refractivity contribution in [2.24, 2.45) is 0 Å². The van der Waals surface area contributed by atoms with Crippen molar-refractivity contribution in [1.29, 1.82) is 0 Å². The van der Waals surface area contributed by atoms with Crippen LogP contribution in [0.1, 0.15) is 36.0 Å². The summed E-state index contributed by atoms with van der Waals surface area (Å²) in [5, 5.41) is 5.92. The molecule has 2 saturated heterocycles. The lowest BCUT2D eigenvalue weighted by atomic mass is 9.98. The fourth-order valence-electron chi connectivity index (χ4n) is 3.88. The number of fused-ring (bicyclic) bond motifs is 2. The second-order valence-corrected chi connectivity index (χ2v) is 6.52. The molecule has 2 amide bonds. The molecule has 23 heavy (non-hydrogen) atoms. The number of amides is 2. The summed E-state index contributed by atoms with van der Waals surface area (Å²) in [6.45, 7) is 2.23. The lowest BCUT2D eigenvalue weighted by Crippen LogP contribution is -2.46. The van der Waals surface area contributed by atoms with E-state index < -0.39 is 0 Å². The number of hydrogen-bond donors (Lipinski definition) is 2. The third-order valence-corrected chi connectivity index (χ3v) is 5.05. The van der Waals surface area contributed by atoms with Crippen LogP contribution < -0.4 is 15.4 Å². The van der Waals surface area contributed by atoms with Gasteiger partial charge in [0.25, 0.3) is 11.8 Å². The molecule has 0 aromatic heterocycles. The summed E-state index contributed by atoms with van der Waals surface area (Å²) in [5.41, 5.74) is 1.20. The molecule has 0 unspecified atom stereocenters. The Labute approximate surface area is 135 Å². The highest BCUT2D eigenvalue weighted by Gasteiger charge is 2.36. The Balaban J connectivity index is 1.46. The van der Waals surface area contributed by atoms with Gasteiger partial charge < -0.3 is 15.4 Å². The van der Waals surface area contributed by atoms with Crippen molar-refractivity contribution >= 4 is 17.5 Å². The van der Waals surface area contributed by atoms with Gasteiger partial charge in [0.1, 0.15) is 5.75 Å². The summed E-state index contributed by atoms with van der Waals surface area (Å²) in [6, 6.07) is 5.89. The van der Waals surface area contributed by atoms with Crippen LogP contribution in [0, 0.1) is 0 Å². The van der Waals surface area contributed by atoms with E-state index in [-0.39, 0.29) is 24.5 Å². The van der Waals surface area contributed by atoms with Crippen LogP contribution >= 0.6 is 0 Å². The van der Waals surface area contributed by atoms with Crippen molar-refractivity contribution < 1.29 is 14.3 Å². The molecule has 1 aromatic rings. The molecule has 0 radical (unpaired) electrons. The van der Waals surface area contributed by atoms with E-state index in [0.29, 0.717) is 23.0 Å². The number of piperidine rings is 1. The number of carbonyl (C=O) groups excluding carboxylic acids is 2. The van der Waals surface area contributed by atoms with Gasteiger partial charge in [-0.05, 0) is 44.0 Å². The summed E-state index contributed by atoms with van der Waals surface area (Å²) < 4.78 is 5.38. The molecule has 2 N–H and O–H groups in total. The fourth-order valence-corrected chi connectivity index (χ4v) is 3.88. The normalized spacial score (nSPS) is 26.7. The monoisotopic (exact) mass is 315 g/mol. The third-order valence-electron chi connectivity index (χ3n) is 5.05. The maximum Gasteiger partial charge on any atom is 0.262 e. The minimum absolute atomic E-state index is 0.00225. The number of benzene rings is 1. The van der Waals surface area contributed by atoms with Crippen LogP contribution in [-0.2, 0) is 4.79 Å². The Morgan fingerprint density at radius 2 is 2.17 bits per heavy atom. The molecule has 1 aromatic carbocycles. The van der Waals surface area contributed by atoms with Crippen LogP contribution in [-0.4, -0.2) is 48.5 Å². The quantitative estimate of drug-likeness (QED) is 0.865. The van der Waals surface area contributed by atoms with Crippen LogP contribution in [0.15, 0.2) is 18.2 Å². The molecular formula is C17H21N3O3.